The standard InChI is InChI=1S/C12H15F3N2.C11H14O3S/c1-4-9(2)16-17(3)11-7-5-10(6-8-11)12(13,14)15;1-3-13-11(12)7-14-10-5-4-9(15)6-8(10)2/h5-8H,4H2,1-3H3;4-6,15H,3,7H2,1-2H3/b16-9-;. The lowest BCUT2D eigenvalue weighted by Crippen LogP contribution is -2.14. The molecule has 0 saturated heterocycles. The molecule has 0 aliphatic rings. The lowest BCUT2D eigenvalue weighted by Gasteiger charge is -2.15. The molecule has 0 unspecified atom stereocenters. The molecule has 9 heteroatoms. The number of thiol groups is 1. The number of anilines is 1. The Balaban J connectivity index is 0.000000323. The lowest BCUT2D eigenvalue weighted by molar-refractivity contribution is -0.145. The van der Waals surface area contributed by atoms with E-state index in [1.54, 1.807) is 25.0 Å². The number of halogens is 3. The van der Waals surface area contributed by atoms with Crippen molar-refractivity contribution >= 4 is 30.0 Å². The van der Waals surface area contributed by atoms with Crippen molar-refractivity contribution in [3.05, 3.63) is 53.6 Å². The minimum Gasteiger partial charge on any atom is -0.482 e. The van der Waals surface area contributed by atoms with E-state index in [9.17, 15) is 18.0 Å². The molecule has 0 N–H and O–H groups in total. The van der Waals surface area contributed by atoms with Gasteiger partial charge in [-0.05, 0) is 75.2 Å². The molecule has 2 aromatic carbocycles. The van der Waals surface area contributed by atoms with Crippen molar-refractivity contribution in [2.24, 2.45) is 5.10 Å². The van der Waals surface area contributed by atoms with Gasteiger partial charge in [0, 0.05) is 17.7 Å². The third kappa shape index (κ3) is 9.64. The molecule has 0 saturated carbocycles. The van der Waals surface area contributed by atoms with E-state index in [1.807, 2.05) is 32.9 Å². The highest BCUT2D eigenvalue weighted by atomic mass is 32.1. The molecule has 0 fully saturated rings. The fraction of sp³-hybridized carbons (Fsp3) is 0.391. The first kappa shape index (κ1) is 27.4. The molecule has 0 amide bonds. The van der Waals surface area contributed by atoms with Crippen LogP contribution in [0.4, 0.5) is 18.9 Å². The highest BCUT2D eigenvalue weighted by Gasteiger charge is 2.30. The van der Waals surface area contributed by atoms with Crippen LogP contribution in [0.5, 0.6) is 5.75 Å². The molecule has 32 heavy (non-hydrogen) atoms. The molecular weight excluding hydrogens is 441 g/mol. The summed E-state index contributed by atoms with van der Waals surface area (Å²) in [6, 6.07) is 10.4. The van der Waals surface area contributed by atoms with E-state index in [2.05, 4.69) is 17.7 Å². The zero-order chi connectivity index (χ0) is 24.3. The second kappa shape index (κ2) is 13.0. The van der Waals surface area contributed by atoms with Crippen LogP contribution in [0.1, 0.15) is 38.3 Å². The Bertz CT molecular complexity index is 900. The van der Waals surface area contributed by atoms with Gasteiger partial charge in [0.15, 0.2) is 6.61 Å². The molecular formula is C23H29F3N2O3S. The summed E-state index contributed by atoms with van der Waals surface area (Å²) >= 11 is 4.20. The van der Waals surface area contributed by atoms with Gasteiger partial charge < -0.3 is 9.47 Å². The van der Waals surface area contributed by atoms with Gasteiger partial charge in [-0.2, -0.15) is 18.3 Å². The maximum absolute atomic E-state index is 12.3. The number of alkyl halides is 3. The average molecular weight is 471 g/mol. The molecule has 0 spiro atoms. The summed E-state index contributed by atoms with van der Waals surface area (Å²) in [5.41, 5.74) is 1.86. The maximum Gasteiger partial charge on any atom is 0.416 e. The molecule has 0 aromatic heterocycles. The van der Waals surface area contributed by atoms with Crippen molar-refractivity contribution < 1.29 is 27.4 Å². The third-order valence-corrected chi connectivity index (χ3v) is 4.49. The van der Waals surface area contributed by atoms with Crippen LogP contribution >= 0.6 is 12.6 Å². The highest BCUT2D eigenvalue weighted by molar-refractivity contribution is 7.80. The number of hydrazone groups is 1. The van der Waals surface area contributed by atoms with Gasteiger partial charge in [0.05, 0.1) is 17.9 Å². The van der Waals surface area contributed by atoms with E-state index in [4.69, 9.17) is 9.47 Å². The Morgan fingerprint density at radius 2 is 1.75 bits per heavy atom. The number of hydrogen-bond acceptors (Lipinski definition) is 6. The second-order valence-corrected chi connectivity index (χ2v) is 7.32. The van der Waals surface area contributed by atoms with Gasteiger partial charge in [-0.1, -0.05) is 6.92 Å². The van der Waals surface area contributed by atoms with E-state index < -0.39 is 11.7 Å². The normalized spacial score (nSPS) is 11.3. The number of ether oxygens (including phenoxy) is 2. The van der Waals surface area contributed by atoms with E-state index in [1.165, 1.54) is 12.1 Å². The molecule has 0 heterocycles. The molecule has 0 radical (unpaired) electrons. The average Bonchev–Trinajstić information content (AvgIpc) is 2.73. The summed E-state index contributed by atoms with van der Waals surface area (Å²) in [6.07, 6.45) is -3.48. The lowest BCUT2D eigenvalue weighted by atomic mass is 10.2. The third-order valence-electron chi connectivity index (χ3n) is 4.21. The number of esters is 1. The van der Waals surface area contributed by atoms with Crippen LogP contribution < -0.4 is 9.75 Å². The van der Waals surface area contributed by atoms with Crippen LogP contribution in [-0.4, -0.2) is 31.9 Å². The quantitative estimate of drug-likeness (QED) is 0.228. The van der Waals surface area contributed by atoms with Crippen molar-refractivity contribution in [3.8, 4) is 5.75 Å². The van der Waals surface area contributed by atoms with Crippen LogP contribution in [0, 0.1) is 6.92 Å². The van der Waals surface area contributed by atoms with Gasteiger partial charge in [-0.25, -0.2) is 4.79 Å². The molecule has 5 nitrogen and oxygen atoms in total. The van der Waals surface area contributed by atoms with Gasteiger partial charge in [0.1, 0.15) is 5.75 Å². The minimum atomic E-state index is -4.29. The molecule has 0 bridgehead atoms. The number of aryl methyl sites for hydroxylation is 1. The predicted molar refractivity (Wildman–Crippen MR) is 124 cm³/mol. The van der Waals surface area contributed by atoms with E-state index in [-0.39, 0.29) is 12.6 Å². The van der Waals surface area contributed by atoms with E-state index >= 15 is 0 Å². The van der Waals surface area contributed by atoms with Gasteiger partial charge in [-0.15, -0.1) is 12.6 Å². The summed E-state index contributed by atoms with van der Waals surface area (Å²) in [5, 5.41) is 5.79. The first-order valence-electron chi connectivity index (χ1n) is 10.0. The number of carbonyl (C=O) groups excluding carboxylic acids is 1. The van der Waals surface area contributed by atoms with Crippen molar-refractivity contribution in [1.29, 1.82) is 0 Å². The Hall–Kier alpha value is -2.68. The zero-order valence-electron chi connectivity index (χ0n) is 18.9. The maximum atomic E-state index is 12.3. The number of hydrogen-bond donors (Lipinski definition) is 1. The number of nitrogens with zero attached hydrogens (tertiary/aromatic N) is 2. The Morgan fingerprint density at radius 3 is 2.25 bits per heavy atom. The fourth-order valence-electron chi connectivity index (χ4n) is 2.39. The monoisotopic (exact) mass is 470 g/mol. The van der Waals surface area contributed by atoms with Crippen LogP contribution in [0.25, 0.3) is 0 Å². The van der Waals surface area contributed by atoms with Crippen molar-refractivity contribution in [2.75, 3.05) is 25.3 Å². The molecule has 2 aromatic rings. The largest absolute Gasteiger partial charge is 0.482 e. The topological polar surface area (TPSA) is 51.1 Å². The van der Waals surface area contributed by atoms with Crippen molar-refractivity contribution in [1.82, 2.24) is 0 Å². The summed E-state index contributed by atoms with van der Waals surface area (Å²) in [7, 11) is 1.71. The summed E-state index contributed by atoms with van der Waals surface area (Å²) in [4.78, 5) is 11.9. The smallest absolute Gasteiger partial charge is 0.416 e. The van der Waals surface area contributed by atoms with Crippen molar-refractivity contribution in [2.45, 2.75) is 45.2 Å². The number of rotatable bonds is 7. The molecule has 176 valence electrons. The number of carbonyl (C=O) groups is 1. The minimum absolute atomic E-state index is 0.0550. The summed E-state index contributed by atoms with van der Waals surface area (Å²) < 4.78 is 47.1. The Morgan fingerprint density at radius 1 is 1.12 bits per heavy atom. The predicted octanol–water partition coefficient (Wildman–Crippen LogP) is 6.15. The van der Waals surface area contributed by atoms with Gasteiger partial charge >= 0.3 is 12.1 Å². The van der Waals surface area contributed by atoms with E-state index in [0.717, 1.165) is 34.7 Å². The van der Waals surface area contributed by atoms with Gasteiger partial charge in [0.25, 0.3) is 0 Å². The Kier molecular flexibility index (Phi) is 11.1. The first-order chi connectivity index (χ1) is 15.0. The fourth-order valence-corrected chi connectivity index (χ4v) is 2.65. The van der Waals surface area contributed by atoms with Crippen LogP contribution in [-0.2, 0) is 15.7 Å². The highest BCUT2D eigenvalue weighted by Crippen LogP contribution is 2.30. The van der Waals surface area contributed by atoms with Crippen LogP contribution in [0.2, 0.25) is 0 Å². The van der Waals surface area contributed by atoms with Gasteiger partial charge in [0.2, 0.25) is 0 Å². The molecule has 0 aliphatic carbocycles. The Labute approximate surface area is 192 Å². The molecule has 0 aliphatic heterocycles. The SMILES string of the molecule is CC/C(C)=N\N(C)c1ccc(C(F)(F)F)cc1.CCOC(=O)COc1ccc(S)cc1C. The summed E-state index contributed by atoms with van der Waals surface area (Å²) in [5.74, 6) is 0.327. The second-order valence-electron chi connectivity index (χ2n) is 6.80. The summed E-state index contributed by atoms with van der Waals surface area (Å²) in [6.45, 7) is 7.83. The van der Waals surface area contributed by atoms with Crippen LogP contribution in [0.3, 0.4) is 0 Å². The molecule has 2 rings (SSSR count). The first-order valence-corrected chi connectivity index (χ1v) is 10.5. The van der Waals surface area contributed by atoms with Gasteiger partial charge in [-0.3, -0.25) is 5.01 Å². The molecule has 0 atom stereocenters. The zero-order valence-corrected chi connectivity index (χ0v) is 19.8. The van der Waals surface area contributed by atoms with E-state index in [0.29, 0.717) is 18.0 Å². The number of benzene rings is 2. The van der Waals surface area contributed by atoms with Crippen LogP contribution in [0.15, 0.2) is 52.5 Å². The van der Waals surface area contributed by atoms with Crippen molar-refractivity contribution in [3.63, 3.8) is 0 Å².